The van der Waals surface area contributed by atoms with E-state index in [0.29, 0.717) is 37.6 Å². The topological polar surface area (TPSA) is 84.3 Å². The molecule has 1 aromatic carbocycles. The number of carbonyl (C=O) groups excluding carboxylic acids is 2. The molecule has 182 valence electrons. The summed E-state index contributed by atoms with van der Waals surface area (Å²) in [4.78, 5) is 38.0. The Labute approximate surface area is 209 Å². The lowest BCUT2D eigenvalue weighted by Gasteiger charge is -2.36. The average molecular weight is 531 g/mol. The number of esters is 1. The van der Waals surface area contributed by atoms with Gasteiger partial charge in [-0.15, -0.1) is 0 Å². The van der Waals surface area contributed by atoms with Crippen LogP contribution < -0.4 is 4.90 Å². The summed E-state index contributed by atoms with van der Waals surface area (Å²) in [7, 11) is 1.38. The van der Waals surface area contributed by atoms with Crippen molar-refractivity contribution >= 4 is 45.2 Å². The highest BCUT2D eigenvalue weighted by Gasteiger charge is 2.28. The van der Waals surface area contributed by atoms with E-state index in [0.717, 1.165) is 15.9 Å². The number of halogens is 1. The van der Waals surface area contributed by atoms with Gasteiger partial charge < -0.3 is 19.3 Å². The van der Waals surface area contributed by atoms with Crippen molar-refractivity contribution in [2.45, 2.75) is 39.2 Å². The fraction of sp³-hybridized carbons (Fsp3) is 0.440. The third kappa shape index (κ3) is 6.56. The lowest BCUT2D eigenvalue weighted by molar-refractivity contribution is -0.140. The number of rotatable bonds is 5. The van der Waals surface area contributed by atoms with Crippen LogP contribution in [0, 0.1) is 0 Å². The minimum Gasteiger partial charge on any atom is -0.468 e. The maximum Gasteiger partial charge on any atom is 0.410 e. The lowest BCUT2D eigenvalue weighted by Crippen LogP contribution is -2.50. The van der Waals surface area contributed by atoms with Crippen LogP contribution in [0.1, 0.15) is 39.2 Å². The predicted molar refractivity (Wildman–Crippen MR) is 136 cm³/mol. The zero-order valence-corrected chi connectivity index (χ0v) is 21.8. The number of benzene rings is 1. The SMILES string of the molecule is COC(=O)C(C(C)=Nc1ccnc(N2CCN(C(=O)OC(C)(C)C)CC2)c1)c1ccccc1Br. The van der Waals surface area contributed by atoms with Gasteiger partial charge in [0, 0.05) is 48.6 Å². The molecule has 0 aliphatic carbocycles. The largest absolute Gasteiger partial charge is 0.468 e. The molecule has 1 saturated heterocycles. The van der Waals surface area contributed by atoms with Gasteiger partial charge in [0.1, 0.15) is 17.3 Å². The summed E-state index contributed by atoms with van der Waals surface area (Å²) in [6, 6.07) is 11.2. The van der Waals surface area contributed by atoms with Gasteiger partial charge in [0.25, 0.3) is 0 Å². The van der Waals surface area contributed by atoms with Gasteiger partial charge >= 0.3 is 12.1 Å². The summed E-state index contributed by atoms with van der Waals surface area (Å²) >= 11 is 3.53. The second kappa shape index (κ2) is 11.0. The maximum atomic E-state index is 12.6. The van der Waals surface area contributed by atoms with Crippen LogP contribution in [-0.4, -0.2) is 66.5 Å². The first-order valence-electron chi connectivity index (χ1n) is 11.2. The summed E-state index contributed by atoms with van der Waals surface area (Å²) in [6.45, 7) is 9.78. The van der Waals surface area contributed by atoms with E-state index in [1.807, 2.05) is 58.0 Å². The molecule has 9 heteroatoms. The minimum absolute atomic E-state index is 0.296. The van der Waals surface area contributed by atoms with E-state index in [1.165, 1.54) is 7.11 Å². The van der Waals surface area contributed by atoms with Gasteiger partial charge in [0.2, 0.25) is 0 Å². The van der Waals surface area contributed by atoms with E-state index in [4.69, 9.17) is 14.5 Å². The number of amides is 1. The molecular formula is C25H31BrN4O4. The molecule has 1 fully saturated rings. The number of pyridine rings is 1. The molecule has 1 atom stereocenters. The molecule has 8 nitrogen and oxygen atoms in total. The van der Waals surface area contributed by atoms with Gasteiger partial charge in [0.15, 0.2) is 0 Å². The monoisotopic (exact) mass is 530 g/mol. The Kier molecular flexibility index (Phi) is 8.30. The summed E-state index contributed by atoms with van der Waals surface area (Å²) in [6.07, 6.45) is 1.41. The number of methoxy groups -OCH3 is 1. The van der Waals surface area contributed by atoms with Crippen LogP contribution in [0.25, 0.3) is 0 Å². The van der Waals surface area contributed by atoms with Crippen LogP contribution in [0.3, 0.4) is 0 Å². The molecule has 0 radical (unpaired) electrons. The zero-order valence-electron chi connectivity index (χ0n) is 20.2. The quantitative estimate of drug-likeness (QED) is 0.401. The number of anilines is 1. The normalized spacial score (nSPS) is 15.6. The number of carbonyl (C=O) groups is 2. The highest BCUT2D eigenvalue weighted by Crippen LogP contribution is 2.29. The number of aromatic nitrogens is 1. The molecule has 1 unspecified atom stereocenters. The van der Waals surface area contributed by atoms with Crippen LogP contribution in [-0.2, 0) is 14.3 Å². The van der Waals surface area contributed by atoms with Crippen molar-refractivity contribution in [2.75, 3.05) is 38.2 Å². The first kappa shape index (κ1) is 25.7. The Balaban J connectivity index is 1.75. The molecule has 2 heterocycles. The fourth-order valence-corrected chi connectivity index (χ4v) is 4.23. The van der Waals surface area contributed by atoms with Gasteiger partial charge in [-0.3, -0.25) is 9.79 Å². The summed E-state index contributed by atoms with van der Waals surface area (Å²) in [5.74, 6) is -0.233. The lowest BCUT2D eigenvalue weighted by atomic mass is 9.95. The average Bonchev–Trinajstić information content (AvgIpc) is 2.79. The van der Waals surface area contributed by atoms with Gasteiger partial charge in [-0.05, 0) is 45.4 Å². The van der Waals surface area contributed by atoms with Crippen molar-refractivity contribution in [3.8, 4) is 0 Å². The molecule has 1 aromatic heterocycles. The Hall–Kier alpha value is -2.94. The highest BCUT2D eigenvalue weighted by atomic mass is 79.9. The molecule has 2 aromatic rings. The Morgan fingerprint density at radius 3 is 2.41 bits per heavy atom. The van der Waals surface area contributed by atoms with Crippen LogP contribution in [0.15, 0.2) is 52.1 Å². The van der Waals surface area contributed by atoms with Gasteiger partial charge in [-0.2, -0.15) is 0 Å². The number of aliphatic imine (C=N–C) groups is 1. The molecule has 1 aliphatic rings. The second-order valence-electron chi connectivity index (χ2n) is 9.06. The third-order valence-electron chi connectivity index (χ3n) is 5.36. The molecule has 1 aliphatic heterocycles. The van der Waals surface area contributed by atoms with Crippen molar-refractivity contribution in [1.82, 2.24) is 9.88 Å². The van der Waals surface area contributed by atoms with Crippen LogP contribution in [0.4, 0.5) is 16.3 Å². The van der Waals surface area contributed by atoms with Gasteiger partial charge in [-0.25, -0.2) is 9.78 Å². The molecule has 0 saturated carbocycles. The van der Waals surface area contributed by atoms with Gasteiger partial charge in [-0.1, -0.05) is 34.1 Å². The number of hydrogen-bond acceptors (Lipinski definition) is 7. The van der Waals surface area contributed by atoms with Crippen molar-refractivity contribution in [1.29, 1.82) is 0 Å². The third-order valence-corrected chi connectivity index (χ3v) is 6.08. The summed E-state index contributed by atoms with van der Waals surface area (Å²) in [5, 5.41) is 0. The minimum atomic E-state index is -0.630. The van der Waals surface area contributed by atoms with E-state index in [-0.39, 0.29) is 12.1 Å². The smallest absolute Gasteiger partial charge is 0.410 e. The number of ether oxygens (including phenoxy) is 2. The molecular weight excluding hydrogens is 500 g/mol. The van der Waals surface area contributed by atoms with Crippen LogP contribution in [0.5, 0.6) is 0 Å². The Morgan fingerprint density at radius 2 is 1.79 bits per heavy atom. The molecule has 3 rings (SSSR count). The van der Waals surface area contributed by atoms with E-state index < -0.39 is 11.5 Å². The Bertz CT molecular complexity index is 1060. The predicted octanol–water partition coefficient (Wildman–Crippen LogP) is 4.95. The van der Waals surface area contributed by atoms with E-state index in [1.54, 1.807) is 17.2 Å². The molecule has 0 bridgehead atoms. The summed E-state index contributed by atoms with van der Waals surface area (Å²) in [5.41, 5.74) is 1.59. The van der Waals surface area contributed by atoms with Crippen LogP contribution in [0.2, 0.25) is 0 Å². The first-order valence-corrected chi connectivity index (χ1v) is 11.9. The van der Waals surface area contributed by atoms with Crippen molar-refractivity contribution in [3.05, 3.63) is 52.6 Å². The number of piperazine rings is 1. The van der Waals surface area contributed by atoms with Crippen molar-refractivity contribution in [3.63, 3.8) is 0 Å². The Morgan fingerprint density at radius 1 is 1.12 bits per heavy atom. The molecule has 0 spiro atoms. The zero-order chi connectivity index (χ0) is 24.9. The number of nitrogens with zero attached hydrogens (tertiary/aromatic N) is 4. The van der Waals surface area contributed by atoms with Gasteiger partial charge in [0.05, 0.1) is 12.8 Å². The standard InChI is InChI=1S/C25H31BrN4O4/c1-17(22(23(31)33-5)19-8-6-7-9-20(19)26)28-18-10-11-27-21(16-18)29-12-14-30(15-13-29)24(32)34-25(2,3)4/h6-11,16,22H,12-15H2,1-5H3. The maximum absolute atomic E-state index is 12.6. The van der Waals surface area contributed by atoms with E-state index >= 15 is 0 Å². The van der Waals surface area contributed by atoms with E-state index in [9.17, 15) is 9.59 Å². The van der Waals surface area contributed by atoms with Crippen molar-refractivity contribution in [2.24, 2.45) is 4.99 Å². The second-order valence-corrected chi connectivity index (χ2v) is 9.91. The number of hydrogen-bond donors (Lipinski definition) is 0. The molecule has 1 amide bonds. The highest BCUT2D eigenvalue weighted by molar-refractivity contribution is 9.10. The summed E-state index contributed by atoms with van der Waals surface area (Å²) < 4.78 is 11.3. The molecule has 0 N–H and O–H groups in total. The first-order chi connectivity index (χ1) is 16.1. The molecule has 34 heavy (non-hydrogen) atoms. The fourth-order valence-electron chi connectivity index (χ4n) is 3.71. The van der Waals surface area contributed by atoms with Crippen molar-refractivity contribution < 1.29 is 19.1 Å². The van der Waals surface area contributed by atoms with E-state index in [2.05, 4.69) is 25.8 Å². The van der Waals surface area contributed by atoms with Crippen LogP contribution >= 0.6 is 15.9 Å².